The zero-order chi connectivity index (χ0) is 10.1. The lowest BCUT2D eigenvalue weighted by Crippen LogP contribution is -2.36. The lowest BCUT2D eigenvalue weighted by molar-refractivity contribution is -0.117. The second-order valence-electron chi connectivity index (χ2n) is 2.93. The van der Waals surface area contributed by atoms with Gasteiger partial charge in [0.25, 0.3) is 0 Å². The van der Waals surface area contributed by atoms with Crippen molar-refractivity contribution in [2.75, 3.05) is 40.5 Å². The van der Waals surface area contributed by atoms with E-state index >= 15 is 0 Å². The van der Waals surface area contributed by atoms with Gasteiger partial charge in [-0.05, 0) is 13.0 Å². The van der Waals surface area contributed by atoms with Crippen LogP contribution in [0.3, 0.4) is 0 Å². The van der Waals surface area contributed by atoms with Crippen molar-refractivity contribution in [1.29, 1.82) is 0 Å². The number of aliphatic hydroxyl groups is 1. The molecule has 0 unspecified atom stereocenters. The van der Waals surface area contributed by atoms with Gasteiger partial charge < -0.3 is 14.6 Å². The minimum Gasteiger partial charge on any atom is -0.395 e. The Morgan fingerprint density at radius 2 is 1.85 bits per heavy atom. The van der Waals surface area contributed by atoms with E-state index in [9.17, 15) is 0 Å². The summed E-state index contributed by atoms with van der Waals surface area (Å²) in [6.07, 6.45) is 0.873. The molecule has 0 radical (unpaired) electrons. The van der Waals surface area contributed by atoms with E-state index in [0.29, 0.717) is 13.1 Å². The Balaban J connectivity index is 3.76. The third-order valence-corrected chi connectivity index (χ3v) is 1.89. The largest absolute Gasteiger partial charge is 0.395 e. The van der Waals surface area contributed by atoms with Gasteiger partial charge in [-0.2, -0.15) is 0 Å². The summed E-state index contributed by atoms with van der Waals surface area (Å²) >= 11 is 0. The van der Waals surface area contributed by atoms with Gasteiger partial charge in [0, 0.05) is 27.3 Å². The minimum atomic E-state index is -0.196. The van der Waals surface area contributed by atoms with Crippen LogP contribution < -0.4 is 0 Å². The second kappa shape index (κ2) is 8.44. The van der Waals surface area contributed by atoms with Crippen LogP contribution in [0.5, 0.6) is 0 Å². The van der Waals surface area contributed by atoms with E-state index < -0.39 is 0 Å². The Hall–Kier alpha value is -0.160. The van der Waals surface area contributed by atoms with Crippen molar-refractivity contribution in [3.05, 3.63) is 0 Å². The van der Waals surface area contributed by atoms with Crippen LogP contribution in [0.4, 0.5) is 0 Å². The highest BCUT2D eigenvalue weighted by Crippen LogP contribution is 1.98. The molecule has 0 aromatic rings. The molecule has 0 aliphatic heterocycles. The molecule has 0 aliphatic rings. The van der Waals surface area contributed by atoms with Crippen molar-refractivity contribution in [3.8, 4) is 0 Å². The second-order valence-corrected chi connectivity index (χ2v) is 2.93. The monoisotopic (exact) mass is 191 g/mol. The van der Waals surface area contributed by atoms with Gasteiger partial charge in [0.2, 0.25) is 0 Å². The number of aliphatic hydroxyl groups excluding tert-OH is 1. The standard InChI is InChI=1S/C9H21NO3/c1-4-5-10(6-7-11)8-9(12-2)13-3/h9,11H,4-8H2,1-3H3. The van der Waals surface area contributed by atoms with Crippen molar-refractivity contribution in [2.45, 2.75) is 19.6 Å². The average Bonchev–Trinajstić information content (AvgIpc) is 2.14. The van der Waals surface area contributed by atoms with E-state index in [-0.39, 0.29) is 12.9 Å². The molecule has 0 spiro atoms. The summed E-state index contributed by atoms with van der Waals surface area (Å²) in [4.78, 5) is 2.12. The Kier molecular flexibility index (Phi) is 8.33. The molecule has 0 bridgehead atoms. The molecule has 0 aromatic heterocycles. The molecule has 0 aliphatic carbocycles. The highest BCUT2D eigenvalue weighted by molar-refractivity contribution is 4.58. The van der Waals surface area contributed by atoms with Gasteiger partial charge in [0.1, 0.15) is 0 Å². The lowest BCUT2D eigenvalue weighted by atomic mass is 10.4. The van der Waals surface area contributed by atoms with Crippen LogP contribution in [-0.4, -0.2) is 56.8 Å². The maximum atomic E-state index is 8.80. The first-order chi connectivity index (χ1) is 6.28. The van der Waals surface area contributed by atoms with Crippen molar-refractivity contribution in [3.63, 3.8) is 0 Å². The molecule has 0 atom stereocenters. The fourth-order valence-electron chi connectivity index (χ4n) is 1.21. The molecule has 0 saturated heterocycles. The first kappa shape index (κ1) is 12.8. The average molecular weight is 191 g/mol. The van der Waals surface area contributed by atoms with Crippen LogP contribution in [0.2, 0.25) is 0 Å². The van der Waals surface area contributed by atoms with E-state index in [2.05, 4.69) is 11.8 Å². The van der Waals surface area contributed by atoms with E-state index in [1.54, 1.807) is 14.2 Å². The van der Waals surface area contributed by atoms with Crippen LogP contribution in [-0.2, 0) is 9.47 Å². The molecule has 0 aromatic carbocycles. The lowest BCUT2D eigenvalue weighted by Gasteiger charge is -2.24. The predicted octanol–water partition coefficient (Wildman–Crippen LogP) is 0.310. The van der Waals surface area contributed by atoms with Crippen molar-refractivity contribution in [2.24, 2.45) is 0 Å². The van der Waals surface area contributed by atoms with Crippen LogP contribution in [0.1, 0.15) is 13.3 Å². The fourth-order valence-corrected chi connectivity index (χ4v) is 1.21. The predicted molar refractivity (Wildman–Crippen MR) is 51.6 cm³/mol. The zero-order valence-corrected chi connectivity index (χ0v) is 8.82. The molecule has 80 valence electrons. The SMILES string of the molecule is CCCN(CCO)CC(OC)OC. The highest BCUT2D eigenvalue weighted by atomic mass is 16.7. The summed E-state index contributed by atoms with van der Waals surface area (Å²) in [6.45, 7) is 4.64. The third-order valence-electron chi connectivity index (χ3n) is 1.89. The van der Waals surface area contributed by atoms with Gasteiger partial charge in [-0.3, -0.25) is 4.90 Å². The van der Waals surface area contributed by atoms with E-state index in [1.165, 1.54) is 0 Å². The Labute approximate surface area is 80.4 Å². The van der Waals surface area contributed by atoms with Crippen LogP contribution in [0, 0.1) is 0 Å². The number of hydrogen-bond acceptors (Lipinski definition) is 4. The maximum absolute atomic E-state index is 8.80. The molecule has 0 fully saturated rings. The molecule has 0 amide bonds. The van der Waals surface area contributed by atoms with Gasteiger partial charge in [-0.1, -0.05) is 6.92 Å². The molecule has 4 heteroatoms. The molecule has 13 heavy (non-hydrogen) atoms. The molecule has 0 rings (SSSR count). The van der Waals surface area contributed by atoms with Gasteiger partial charge in [-0.25, -0.2) is 0 Å². The summed E-state index contributed by atoms with van der Waals surface area (Å²) in [5, 5.41) is 8.80. The normalized spacial score (nSPS) is 11.5. The third kappa shape index (κ3) is 5.99. The number of methoxy groups -OCH3 is 2. The first-order valence-electron chi connectivity index (χ1n) is 4.67. The van der Waals surface area contributed by atoms with Crippen LogP contribution in [0.25, 0.3) is 0 Å². The number of rotatable bonds is 8. The van der Waals surface area contributed by atoms with Crippen molar-refractivity contribution in [1.82, 2.24) is 4.90 Å². The zero-order valence-electron chi connectivity index (χ0n) is 8.82. The topological polar surface area (TPSA) is 41.9 Å². The molecular weight excluding hydrogens is 170 g/mol. The van der Waals surface area contributed by atoms with Gasteiger partial charge in [0.15, 0.2) is 6.29 Å². The van der Waals surface area contributed by atoms with Gasteiger partial charge in [0.05, 0.1) is 6.61 Å². The summed E-state index contributed by atoms with van der Waals surface area (Å²) in [6, 6.07) is 0. The molecule has 4 nitrogen and oxygen atoms in total. The van der Waals surface area contributed by atoms with Crippen molar-refractivity contribution < 1.29 is 14.6 Å². The van der Waals surface area contributed by atoms with Crippen LogP contribution >= 0.6 is 0 Å². The van der Waals surface area contributed by atoms with E-state index in [0.717, 1.165) is 13.0 Å². The van der Waals surface area contributed by atoms with Crippen LogP contribution in [0.15, 0.2) is 0 Å². The number of hydrogen-bond donors (Lipinski definition) is 1. The van der Waals surface area contributed by atoms with Crippen molar-refractivity contribution >= 4 is 0 Å². The summed E-state index contributed by atoms with van der Waals surface area (Å²) < 4.78 is 10.2. The molecular formula is C9H21NO3. The Morgan fingerprint density at radius 1 is 1.23 bits per heavy atom. The summed E-state index contributed by atoms with van der Waals surface area (Å²) in [5.41, 5.74) is 0. The highest BCUT2D eigenvalue weighted by Gasteiger charge is 2.11. The smallest absolute Gasteiger partial charge is 0.169 e. The first-order valence-corrected chi connectivity index (χ1v) is 4.67. The van der Waals surface area contributed by atoms with E-state index in [4.69, 9.17) is 14.6 Å². The molecule has 0 heterocycles. The van der Waals surface area contributed by atoms with Gasteiger partial charge in [-0.15, -0.1) is 0 Å². The number of nitrogens with zero attached hydrogens (tertiary/aromatic N) is 1. The maximum Gasteiger partial charge on any atom is 0.169 e. The Morgan fingerprint density at radius 3 is 2.23 bits per heavy atom. The fraction of sp³-hybridized carbons (Fsp3) is 1.00. The Bertz CT molecular complexity index is 101. The summed E-state index contributed by atoms with van der Waals surface area (Å²) in [7, 11) is 3.24. The summed E-state index contributed by atoms with van der Waals surface area (Å²) in [5.74, 6) is 0. The molecule has 1 N–H and O–H groups in total. The quantitative estimate of drug-likeness (QED) is 0.561. The minimum absolute atomic E-state index is 0.181. The number of ether oxygens (including phenoxy) is 2. The van der Waals surface area contributed by atoms with E-state index in [1.807, 2.05) is 0 Å². The molecule has 0 saturated carbocycles. The van der Waals surface area contributed by atoms with Gasteiger partial charge >= 0.3 is 0 Å².